The number of nitrogens with one attached hydrogen (secondary N) is 1. The van der Waals surface area contributed by atoms with Gasteiger partial charge in [-0.3, -0.25) is 0 Å². The molecule has 1 fully saturated rings. The Kier molecular flexibility index (Phi) is 7.56. The third kappa shape index (κ3) is 6.46. The summed E-state index contributed by atoms with van der Waals surface area (Å²) in [4.78, 5) is 18.2. The first kappa shape index (κ1) is 28.3. The molecule has 39 heavy (non-hydrogen) atoms. The quantitative estimate of drug-likeness (QED) is 0.329. The fourth-order valence-electron chi connectivity index (χ4n) is 3.98. The van der Waals surface area contributed by atoms with Gasteiger partial charge in [0.1, 0.15) is 16.7 Å². The number of amides is 1. The highest BCUT2D eigenvalue weighted by molar-refractivity contribution is 7.88. The summed E-state index contributed by atoms with van der Waals surface area (Å²) in [5.74, 6) is 0.117. The van der Waals surface area contributed by atoms with Crippen molar-refractivity contribution in [3.05, 3.63) is 42.1 Å². The standard InChI is InChI=1S/C24H28F3N5O6S/c1-23(2,3)37-22(33)31-12-10-16(14-31)29-20-19-18(38-39(34,35)24(25,26)27)9-11-28-21(19)32(30-20)13-15-5-7-17(36-4)8-6-15/h5-9,11,16H,10,12-14H2,1-4H3,(H,29,30)/t16-/m1/s1. The van der Waals surface area contributed by atoms with Gasteiger partial charge in [0.25, 0.3) is 0 Å². The number of benzene rings is 1. The zero-order valence-electron chi connectivity index (χ0n) is 21.7. The van der Waals surface area contributed by atoms with Crippen LogP contribution in [0, 0.1) is 0 Å². The number of methoxy groups -OCH3 is 1. The van der Waals surface area contributed by atoms with Crippen molar-refractivity contribution < 1.29 is 40.0 Å². The highest BCUT2D eigenvalue weighted by Crippen LogP contribution is 2.36. The summed E-state index contributed by atoms with van der Waals surface area (Å²) >= 11 is 0. The van der Waals surface area contributed by atoms with Crippen molar-refractivity contribution in [2.75, 3.05) is 25.5 Å². The van der Waals surface area contributed by atoms with Gasteiger partial charge in [0, 0.05) is 31.4 Å². The van der Waals surface area contributed by atoms with Crippen LogP contribution in [0.1, 0.15) is 32.8 Å². The normalized spacial score (nSPS) is 16.4. The molecule has 1 amide bonds. The van der Waals surface area contributed by atoms with E-state index < -0.39 is 33.1 Å². The molecule has 1 aromatic carbocycles. The predicted molar refractivity (Wildman–Crippen MR) is 135 cm³/mol. The molecule has 1 aliphatic rings. The fourth-order valence-corrected chi connectivity index (χ4v) is 4.45. The lowest BCUT2D eigenvalue weighted by Gasteiger charge is -2.24. The molecule has 1 N–H and O–H groups in total. The number of hydrogen-bond donors (Lipinski definition) is 1. The van der Waals surface area contributed by atoms with Gasteiger partial charge in [-0.25, -0.2) is 14.5 Å². The van der Waals surface area contributed by atoms with Crippen LogP contribution in [0.2, 0.25) is 0 Å². The van der Waals surface area contributed by atoms with Crippen molar-refractivity contribution in [1.82, 2.24) is 19.7 Å². The Morgan fingerprint density at radius 3 is 2.46 bits per heavy atom. The Hall–Kier alpha value is -3.75. The van der Waals surface area contributed by atoms with Crippen LogP contribution < -0.4 is 14.2 Å². The van der Waals surface area contributed by atoms with E-state index in [0.29, 0.717) is 18.7 Å². The maximum Gasteiger partial charge on any atom is 0.534 e. The van der Waals surface area contributed by atoms with Crippen molar-refractivity contribution in [3.8, 4) is 11.5 Å². The van der Waals surface area contributed by atoms with Crippen LogP contribution >= 0.6 is 0 Å². The molecule has 2 aromatic heterocycles. The Bertz CT molecular complexity index is 1450. The molecule has 1 atom stereocenters. The Labute approximate surface area is 223 Å². The average Bonchev–Trinajstić information content (AvgIpc) is 3.43. The van der Waals surface area contributed by atoms with E-state index in [1.165, 1.54) is 16.7 Å². The number of ether oxygens (including phenoxy) is 2. The van der Waals surface area contributed by atoms with Crippen LogP contribution in [0.15, 0.2) is 36.5 Å². The number of pyridine rings is 1. The van der Waals surface area contributed by atoms with Crippen LogP contribution in [0.4, 0.5) is 23.8 Å². The number of likely N-dealkylation sites (tertiary alicyclic amines) is 1. The summed E-state index contributed by atoms with van der Waals surface area (Å²) in [6.07, 6.45) is 1.13. The first-order valence-corrected chi connectivity index (χ1v) is 13.3. The van der Waals surface area contributed by atoms with Crippen molar-refractivity contribution in [2.45, 2.75) is 50.9 Å². The van der Waals surface area contributed by atoms with E-state index in [4.69, 9.17) is 9.47 Å². The van der Waals surface area contributed by atoms with Gasteiger partial charge in [-0.2, -0.15) is 26.7 Å². The molecule has 4 rings (SSSR count). The minimum absolute atomic E-state index is 0.0467. The first-order chi connectivity index (χ1) is 18.2. The Balaban J connectivity index is 1.68. The number of hydrogen-bond acceptors (Lipinski definition) is 9. The third-order valence-electron chi connectivity index (χ3n) is 5.75. The van der Waals surface area contributed by atoms with Crippen molar-refractivity contribution in [2.24, 2.45) is 0 Å². The zero-order valence-corrected chi connectivity index (χ0v) is 22.5. The molecular weight excluding hydrogens is 543 g/mol. The van der Waals surface area contributed by atoms with E-state index in [1.807, 2.05) is 0 Å². The fraction of sp³-hybridized carbons (Fsp3) is 0.458. The van der Waals surface area contributed by atoms with Gasteiger partial charge in [0.05, 0.1) is 13.7 Å². The van der Waals surface area contributed by atoms with Gasteiger partial charge < -0.3 is 23.9 Å². The van der Waals surface area contributed by atoms with Crippen LogP contribution in [-0.4, -0.2) is 71.5 Å². The summed E-state index contributed by atoms with van der Waals surface area (Å²) in [5.41, 5.74) is -5.43. The van der Waals surface area contributed by atoms with Crippen LogP contribution in [0.3, 0.4) is 0 Å². The topological polar surface area (TPSA) is 125 Å². The van der Waals surface area contributed by atoms with E-state index in [0.717, 1.165) is 17.8 Å². The highest BCUT2D eigenvalue weighted by atomic mass is 32.2. The SMILES string of the molecule is COc1ccc(Cn2nc(N[C@@H]3CCN(C(=O)OC(C)(C)C)C3)c3c(OS(=O)(=O)C(F)(F)F)ccnc32)cc1. The summed E-state index contributed by atoms with van der Waals surface area (Å²) in [5, 5.41) is 7.57. The highest BCUT2D eigenvalue weighted by Gasteiger charge is 2.49. The number of carbonyl (C=O) groups excluding carboxylic acids is 1. The number of nitrogens with zero attached hydrogens (tertiary/aromatic N) is 4. The van der Waals surface area contributed by atoms with Gasteiger partial charge in [-0.1, -0.05) is 12.1 Å². The monoisotopic (exact) mass is 571 g/mol. The van der Waals surface area contributed by atoms with Crippen LogP contribution in [-0.2, 0) is 21.4 Å². The molecule has 1 aliphatic heterocycles. The number of halogens is 3. The van der Waals surface area contributed by atoms with E-state index >= 15 is 0 Å². The van der Waals surface area contributed by atoms with Gasteiger partial charge in [-0.05, 0) is 44.9 Å². The van der Waals surface area contributed by atoms with E-state index in [9.17, 15) is 26.4 Å². The molecule has 15 heteroatoms. The molecule has 0 unspecified atom stereocenters. The molecule has 0 spiro atoms. The molecule has 0 radical (unpaired) electrons. The zero-order chi connectivity index (χ0) is 28.6. The van der Waals surface area contributed by atoms with Crippen molar-refractivity contribution in [3.63, 3.8) is 0 Å². The second-order valence-electron chi connectivity index (χ2n) is 9.90. The van der Waals surface area contributed by atoms with E-state index in [2.05, 4.69) is 19.6 Å². The second kappa shape index (κ2) is 10.4. The molecule has 0 bridgehead atoms. The number of carbonyl (C=O) groups is 1. The lowest BCUT2D eigenvalue weighted by atomic mass is 10.2. The van der Waals surface area contributed by atoms with Gasteiger partial charge in [0.15, 0.2) is 17.2 Å². The number of rotatable bonds is 7. The summed E-state index contributed by atoms with van der Waals surface area (Å²) < 4.78 is 79.5. The lowest BCUT2D eigenvalue weighted by Crippen LogP contribution is -2.36. The van der Waals surface area contributed by atoms with Gasteiger partial charge in [0.2, 0.25) is 0 Å². The second-order valence-corrected chi connectivity index (χ2v) is 11.4. The Morgan fingerprint density at radius 2 is 1.85 bits per heavy atom. The summed E-state index contributed by atoms with van der Waals surface area (Å²) in [6.45, 7) is 6.03. The van der Waals surface area contributed by atoms with Crippen molar-refractivity contribution in [1.29, 1.82) is 0 Å². The molecule has 11 nitrogen and oxygen atoms in total. The number of anilines is 1. The molecular formula is C24H28F3N5O6S. The summed E-state index contributed by atoms with van der Waals surface area (Å²) in [7, 11) is -4.43. The number of aromatic nitrogens is 3. The maximum atomic E-state index is 13.1. The Morgan fingerprint density at radius 1 is 1.15 bits per heavy atom. The maximum absolute atomic E-state index is 13.1. The minimum atomic E-state index is -5.96. The van der Waals surface area contributed by atoms with Crippen LogP contribution in [0.5, 0.6) is 11.5 Å². The molecule has 212 valence electrons. The van der Waals surface area contributed by atoms with Crippen LogP contribution in [0.25, 0.3) is 11.0 Å². The molecule has 3 heterocycles. The van der Waals surface area contributed by atoms with Crippen molar-refractivity contribution >= 4 is 33.1 Å². The first-order valence-electron chi connectivity index (χ1n) is 11.9. The van der Waals surface area contributed by atoms with E-state index in [1.54, 1.807) is 45.0 Å². The molecule has 1 saturated heterocycles. The molecule has 0 aliphatic carbocycles. The average molecular weight is 572 g/mol. The molecule has 0 saturated carbocycles. The molecule has 3 aromatic rings. The lowest BCUT2D eigenvalue weighted by molar-refractivity contribution is -0.0499. The predicted octanol–water partition coefficient (Wildman–Crippen LogP) is 4.14. The van der Waals surface area contributed by atoms with Gasteiger partial charge in [-0.15, -0.1) is 0 Å². The smallest absolute Gasteiger partial charge is 0.497 e. The van der Waals surface area contributed by atoms with Gasteiger partial charge >= 0.3 is 21.7 Å². The van der Waals surface area contributed by atoms with E-state index in [-0.39, 0.29) is 36.0 Å². The third-order valence-corrected chi connectivity index (χ3v) is 6.72. The number of fused-ring (bicyclic) bond motifs is 1. The largest absolute Gasteiger partial charge is 0.534 e. The minimum Gasteiger partial charge on any atom is -0.497 e. The summed E-state index contributed by atoms with van der Waals surface area (Å²) in [6, 6.07) is 7.71. The number of alkyl halides is 3.